The van der Waals surface area contributed by atoms with Crippen LogP contribution in [0.15, 0.2) is 18.2 Å². The molecule has 1 aromatic rings. The maximum atomic E-state index is 12.3. The van der Waals surface area contributed by atoms with Gasteiger partial charge >= 0.3 is 5.97 Å². The van der Waals surface area contributed by atoms with Crippen molar-refractivity contribution in [1.82, 2.24) is 0 Å². The number of hydrogen-bond donors (Lipinski definition) is 0. The Morgan fingerprint density at radius 1 is 0.964 bits per heavy atom. The summed E-state index contributed by atoms with van der Waals surface area (Å²) in [7, 11) is -0.437. The first-order valence-electron chi connectivity index (χ1n) is 9.82. The molecule has 0 saturated heterocycles. The summed E-state index contributed by atoms with van der Waals surface area (Å²) in [6.45, 7) is 15.2. The molecule has 0 heterocycles. The topological polar surface area (TPSA) is 63.2 Å². The number of ether oxygens (including phenoxy) is 4. The Hall–Kier alpha value is -1.57. The number of esters is 1. The van der Waals surface area contributed by atoms with Crippen LogP contribution in [0.5, 0.6) is 11.5 Å². The van der Waals surface area contributed by atoms with Crippen molar-refractivity contribution in [2.24, 2.45) is 0 Å². The molecule has 0 aliphatic rings. The van der Waals surface area contributed by atoms with Crippen molar-refractivity contribution >= 4 is 14.3 Å². The molecule has 0 saturated carbocycles. The van der Waals surface area contributed by atoms with Gasteiger partial charge < -0.3 is 23.4 Å². The van der Waals surface area contributed by atoms with Gasteiger partial charge in [0.1, 0.15) is 12.4 Å². The van der Waals surface area contributed by atoms with Crippen LogP contribution in [-0.2, 0) is 14.2 Å². The molecule has 160 valence electrons. The average molecular weight is 413 g/mol. The zero-order chi connectivity index (χ0) is 21.2. The molecule has 0 unspecified atom stereocenters. The minimum atomic E-state index is -2.00. The highest BCUT2D eigenvalue weighted by Crippen LogP contribution is 2.40. The summed E-state index contributed by atoms with van der Waals surface area (Å²) in [4.78, 5) is 12.3. The van der Waals surface area contributed by atoms with Crippen LogP contribution < -0.4 is 9.16 Å². The van der Waals surface area contributed by atoms with E-state index in [1.165, 1.54) is 0 Å². The Balaban J connectivity index is 2.57. The molecule has 1 aromatic carbocycles. The van der Waals surface area contributed by atoms with E-state index in [0.29, 0.717) is 36.9 Å². The van der Waals surface area contributed by atoms with E-state index in [0.717, 1.165) is 13.0 Å². The van der Waals surface area contributed by atoms with Gasteiger partial charge in [-0.15, -0.1) is 0 Å². The Morgan fingerprint density at radius 2 is 1.57 bits per heavy atom. The van der Waals surface area contributed by atoms with Gasteiger partial charge in [-0.3, -0.25) is 0 Å². The number of rotatable bonds is 12. The molecule has 0 radical (unpaired) electrons. The number of hydrogen-bond acceptors (Lipinski definition) is 6. The van der Waals surface area contributed by atoms with Crippen LogP contribution in [0, 0.1) is 0 Å². The van der Waals surface area contributed by atoms with Gasteiger partial charge in [0, 0.05) is 6.61 Å². The first kappa shape index (κ1) is 24.5. The zero-order valence-corrected chi connectivity index (χ0v) is 19.4. The van der Waals surface area contributed by atoms with Crippen LogP contribution in [0.3, 0.4) is 0 Å². The third kappa shape index (κ3) is 7.81. The molecule has 6 nitrogen and oxygen atoms in total. The van der Waals surface area contributed by atoms with Crippen LogP contribution in [0.4, 0.5) is 0 Å². The zero-order valence-electron chi connectivity index (χ0n) is 18.4. The Bertz CT molecular complexity index is 609. The van der Waals surface area contributed by atoms with E-state index in [9.17, 15) is 4.79 Å². The molecular weight excluding hydrogens is 376 g/mol. The van der Waals surface area contributed by atoms with Crippen LogP contribution in [0.25, 0.3) is 0 Å². The van der Waals surface area contributed by atoms with Crippen molar-refractivity contribution in [3.8, 4) is 11.5 Å². The summed E-state index contributed by atoms with van der Waals surface area (Å²) in [6, 6.07) is 5.13. The van der Waals surface area contributed by atoms with E-state index in [1.807, 2.05) is 0 Å². The summed E-state index contributed by atoms with van der Waals surface area (Å²) in [5.74, 6) is 0.771. The molecule has 0 aliphatic heterocycles. The standard InChI is InChI=1S/C21H36O6Si/c1-8-11-24-12-13-25-14-15-26-20(22)17-9-10-18(19(16-17)23-5)27-28(6,7)21(2,3)4/h9-10,16H,8,11-15H2,1-7H3. The van der Waals surface area contributed by atoms with Gasteiger partial charge in [-0.05, 0) is 42.8 Å². The van der Waals surface area contributed by atoms with Crippen LogP contribution >= 0.6 is 0 Å². The third-order valence-electron chi connectivity index (χ3n) is 4.75. The average Bonchev–Trinajstić information content (AvgIpc) is 2.62. The predicted octanol–water partition coefficient (Wildman–Crippen LogP) is 4.68. The van der Waals surface area contributed by atoms with Crippen LogP contribution in [0.2, 0.25) is 18.1 Å². The molecule has 0 bridgehead atoms. The van der Waals surface area contributed by atoms with Gasteiger partial charge in [-0.1, -0.05) is 27.7 Å². The van der Waals surface area contributed by atoms with Crippen molar-refractivity contribution in [3.63, 3.8) is 0 Å². The molecule has 0 spiro atoms. The number of carbonyl (C=O) groups is 1. The minimum absolute atomic E-state index is 0.0667. The molecular formula is C21H36O6Si. The maximum absolute atomic E-state index is 12.3. The molecule has 0 atom stereocenters. The van der Waals surface area contributed by atoms with Gasteiger partial charge in [0.05, 0.1) is 32.5 Å². The fourth-order valence-electron chi connectivity index (χ4n) is 2.05. The van der Waals surface area contributed by atoms with E-state index in [2.05, 4.69) is 40.8 Å². The largest absolute Gasteiger partial charge is 0.541 e. The molecule has 1 rings (SSSR count). The minimum Gasteiger partial charge on any atom is -0.541 e. The molecule has 7 heteroatoms. The van der Waals surface area contributed by atoms with Gasteiger partial charge in [0.25, 0.3) is 8.32 Å². The number of carbonyl (C=O) groups excluding carboxylic acids is 1. The monoisotopic (exact) mass is 412 g/mol. The van der Waals surface area contributed by atoms with Crippen LogP contribution in [-0.4, -0.2) is 54.4 Å². The molecule has 0 aromatic heterocycles. The second-order valence-electron chi connectivity index (χ2n) is 8.09. The molecule has 0 amide bonds. The van der Waals surface area contributed by atoms with E-state index in [4.69, 9.17) is 23.4 Å². The Labute approximate surface area is 170 Å². The molecule has 28 heavy (non-hydrogen) atoms. The van der Waals surface area contributed by atoms with Crippen LogP contribution in [0.1, 0.15) is 44.5 Å². The fourth-order valence-corrected chi connectivity index (χ4v) is 3.07. The lowest BCUT2D eigenvalue weighted by Crippen LogP contribution is -2.43. The molecule has 0 fully saturated rings. The highest BCUT2D eigenvalue weighted by atomic mass is 28.4. The van der Waals surface area contributed by atoms with Gasteiger partial charge in [-0.2, -0.15) is 0 Å². The summed E-state index contributed by atoms with van der Waals surface area (Å²) in [5.41, 5.74) is 0.422. The van der Waals surface area contributed by atoms with Crippen molar-refractivity contribution in [3.05, 3.63) is 23.8 Å². The van der Waals surface area contributed by atoms with Gasteiger partial charge in [-0.25, -0.2) is 4.79 Å². The van der Waals surface area contributed by atoms with E-state index in [-0.39, 0.29) is 11.6 Å². The van der Waals surface area contributed by atoms with Gasteiger partial charge in [0.2, 0.25) is 0 Å². The maximum Gasteiger partial charge on any atom is 0.338 e. The van der Waals surface area contributed by atoms with Gasteiger partial charge in [0.15, 0.2) is 5.75 Å². The molecule has 0 N–H and O–H groups in total. The van der Waals surface area contributed by atoms with E-state index < -0.39 is 14.3 Å². The fraction of sp³-hybridized carbons (Fsp3) is 0.667. The quantitative estimate of drug-likeness (QED) is 0.282. The lowest BCUT2D eigenvalue weighted by atomic mass is 10.2. The second-order valence-corrected chi connectivity index (χ2v) is 12.8. The summed E-state index contributed by atoms with van der Waals surface area (Å²) >= 11 is 0. The Kier molecular flexibility index (Phi) is 9.99. The normalized spacial score (nSPS) is 12.0. The van der Waals surface area contributed by atoms with Crippen molar-refractivity contribution < 1.29 is 28.2 Å². The third-order valence-corrected chi connectivity index (χ3v) is 9.09. The number of methoxy groups -OCH3 is 1. The summed E-state index contributed by atoms with van der Waals surface area (Å²) in [6.07, 6.45) is 0.987. The summed E-state index contributed by atoms with van der Waals surface area (Å²) in [5, 5.41) is 0.0667. The van der Waals surface area contributed by atoms with Crippen molar-refractivity contribution in [1.29, 1.82) is 0 Å². The SMILES string of the molecule is CCCOCCOCCOC(=O)c1ccc(O[Si](C)(C)C(C)(C)C)c(OC)c1. The lowest BCUT2D eigenvalue weighted by molar-refractivity contribution is 0.0147. The number of benzene rings is 1. The van der Waals surface area contributed by atoms with Crippen molar-refractivity contribution in [2.75, 3.05) is 40.1 Å². The predicted molar refractivity (Wildman–Crippen MR) is 113 cm³/mol. The summed E-state index contributed by atoms with van der Waals surface area (Å²) < 4.78 is 27.7. The highest BCUT2D eigenvalue weighted by molar-refractivity contribution is 6.74. The Morgan fingerprint density at radius 3 is 2.14 bits per heavy atom. The first-order chi connectivity index (χ1) is 13.1. The molecule has 0 aliphatic carbocycles. The highest BCUT2D eigenvalue weighted by Gasteiger charge is 2.39. The van der Waals surface area contributed by atoms with Crippen molar-refractivity contribution in [2.45, 2.75) is 52.2 Å². The van der Waals surface area contributed by atoms with E-state index in [1.54, 1.807) is 25.3 Å². The van der Waals surface area contributed by atoms with E-state index >= 15 is 0 Å². The smallest absolute Gasteiger partial charge is 0.338 e. The lowest BCUT2D eigenvalue weighted by Gasteiger charge is -2.36. The second kappa shape index (κ2) is 11.4. The first-order valence-corrected chi connectivity index (χ1v) is 12.7.